The number of carbonyl (C=O) groups excluding carboxylic acids is 1. The molecule has 80 valence electrons. The third kappa shape index (κ3) is 2.30. The van der Waals surface area contributed by atoms with E-state index in [1.165, 1.54) is 6.33 Å². The van der Waals surface area contributed by atoms with E-state index in [-0.39, 0.29) is 12.0 Å². The van der Waals surface area contributed by atoms with Crippen LogP contribution in [0, 0.1) is 0 Å². The summed E-state index contributed by atoms with van der Waals surface area (Å²) < 4.78 is 5.56. The molecular formula is C10H13N3O2. The van der Waals surface area contributed by atoms with Gasteiger partial charge in [0.15, 0.2) is 0 Å². The molecule has 1 atom stereocenters. The molecule has 0 unspecified atom stereocenters. The molecule has 2 heterocycles. The summed E-state index contributed by atoms with van der Waals surface area (Å²) in [5, 5.41) is 0. The number of carbonyl (C=O) groups is 1. The third-order valence-electron chi connectivity index (χ3n) is 2.45. The highest BCUT2D eigenvalue weighted by Crippen LogP contribution is 2.19. The molecule has 0 aliphatic carbocycles. The van der Waals surface area contributed by atoms with Crippen molar-refractivity contribution in [2.45, 2.75) is 13.0 Å². The van der Waals surface area contributed by atoms with Gasteiger partial charge in [-0.1, -0.05) is 0 Å². The number of morpholine rings is 1. The van der Waals surface area contributed by atoms with Crippen LogP contribution in [-0.2, 0) is 9.53 Å². The van der Waals surface area contributed by atoms with Crippen LogP contribution in [0.1, 0.15) is 18.7 Å². The molecule has 0 saturated carbocycles. The molecule has 0 radical (unpaired) electrons. The van der Waals surface area contributed by atoms with Crippen LogP contribution in [0.2, 0.25) is 0 Å². The van der Waals surface area contributed by atoms with Crippen molar-refractivity contribution in [3.63, 3.8) is 0 Å². The first-order valence-electron chi connectivity index (χ1n) is 4.90. The Bertz CT molecular complexity index is 342. The van der Waals surface area contributed by atoms with Gasteiger partial charge in [-0.3, -0.25) is 4.79 Å². The van der Waals surface area contributed by atoms with Gasteiger partial charge in [0.2, 0.25) is 5.91 Å². The lowest BCUT2D eigenvalue weighted by atomic mass is 10.2. The molecule has 0 bridgehead atoms. The second kappa shape index (κ2) is 4.35. The molecule has 1 saturated heterocycles. The van der Waals surface area contributed by atoms with Crippen LogP contribution in [0.3, 0.4) is 0 Å². The Morgan fingerprint density at radius 1 is 1.67 bits per heavy atom. The summed E-state index contributed by atoms with van der Waals surface area (Å²) in [5.41, 5.74) is 0.830. The average molecular weight is 207 g/mol. The van der Waals surface area contributed by atoms with E-state index in [1.54, 1.807) is 18.0 Å². The summed E-state index contributed by atoms with van der Waals surface area (Å²) in [6, 6.07) is 1.81. The summed E-state index contributed by atoms with van der Waals surface area (Å²) >= 11 is 0. The van der Waals surface area contributed by atoms with Crippen LogP contribution in [0.4, 0.5) is 0 Å². The van der Waals surface area contributed by atoms with E-state index in [1.807, 2.05) is 6.07 Å². The number of nitrogens with zero attached hydrogens (tertiary/aromatic N) is 3. The van der Waals surface area contributed by atoms with Crippen LogP contribution in [0.25, 0.3) is 0 Å². The molecule has 1 fully saturated rings. The van der Waals surface area contributed by atoms with E-state index in [0.717, 1.165) is 5.69 Å². The van der Waals surface area contributed by atoms with Gasteiger partial charge in [-0.2, -0.15) is 0 Å². The standard InChI is InChI=1S/C10H13N3O2/c1-8(14)13-4-5-15-10(6-13)9-2-3-11-7-12-9/h2-3,7,10H,4-6H2,1H3/t10-/m0/s1. The summed E-state index contributed by atoms with van der Waals surface area (Å²) in [5.74, 6) is 0.0809. The summed E-state index contributed by atoms with van der Waals surface area (Å²) in [4.78, 5) is 21.0. The van der Waals surface area contributed by atoms with Crippen molar-refractivity contribution in [1.29, 1.82) is 0 Å². The Labute approximate surface area is 88.1 Å². The highest BCUT2D eigenvalue weighted by Gasteiger charge is 2.24. The van der Waals surface area contributed by atoms with Gasteiger partial charge in [-0.15, -0.1) is 0 Å². The Morgan fingerprint density at radius 3 is 3.20 bits per heavy atom. The van der Waals surface area contributed by atoms with Crippen molar-refractivity contribution >= 4 is 5.91 Å². The summed E-state index contributed by atoms with van der Waals surface area (Å²) in [6.45, 7) is 3.37. The smallest absolute Gasteiger partial charge is 0.219 e. The monoisotopic (exact) mass is 207 g/mol. The van der Waals surface area contributed by atoms with Crippen molar-refractivity contribution < 1.29 is 9.53 Å². The predicted octanol–water partition coefficient (Wildman–Crippen LogP) is 0.396. The van der Waals surface area contributed by atoms with E-state index in [9.17, 15) is 4.79 Å². The number of hydrogen-bond acceptors (Lipinski definition) is 4. The maximum Gasteiger partial charge on any atom is 0.219 e. The topological polar surface area (TPSA) is 55.3 Å². The maximum atomic E-state index is 11.2. The van der Waals surface area contributed by atoms with Crippen LogP contribution < -0.4 is 0 Å². The van der Waals surface area contributed by atoms with Gasteiger partial charge < -0.3 is 9.64 Å². The minimum atomic E-state index is -0.120. The van der Waals surface area contributed by atoms with Crippen molar-refractivity contribution in [3.05, 3.63) is 24.3 Å². The van der Waals surface area contributed by atoms with Gasteiger partial charge in [0, 0.05) is 19.7 Å². The molecule has 1 aliphatic rings. The Morgan fingerprint density at radius 2 is 2.53 bits per heavy atom. The molecule has 0 N–H and O–H groups in total. The predicted molar refractivity (Wildman–Crippen MR) is 53.0 cm³/mol. The zero-order valence-corrected chi connectivity index (χ0v) is 8.59. The van der Waals surface area contributed by atoms with E-state index in [2.05, 4.69) is 9.97 Å². The molecular weight excluding hydrogens is 194 g/mol. The van der Waals surface area contributed by atoms with Gasteiger partial charge >= 0.3 is 0 Å². The minimum absolute atomic E-state index is 0.0809. The van der Waals surface area contributed by atoms with Crippen LogP contribution >= 0.6 is 0 Å². The largest absolute Gasteiger partial charge is 0.368 e. The van der Waals surface area contributed by atoms with Crippen LogP contribution in [0.15, 0.2) is 18.6 Å². The third-order valence-corrected chi connectivity index (χ3v) is 2.45. The lowest BCUT2D eigenvalue weighted by Gasteiger charge is -2.31. The molecule has 5 nitrogen and oxygen atoms in total. The fraction of sp³-hybridized carbons (Fsp3) is 0.500. The highest BCUT2D eigenvalue weighted by atomic mass is 16.5. The molecule has 1 aromatic rings. The molecule has 1 aliphatic heterocycles. The van der Waals surface area contributed by atoms with Crippen LogP contribution in [0.5, 0.6) is 0 Å². The second-order valence-electron chi connectivity index (χ2n) is 3.46. The van der Waals surface area contributed by atoms with Crippen LogP contribution in [-0.4, -0.2) is 40.5 Å². The first-order chi connectivity index (χ1) is 7.27. The number of amides is 1. The molecule has 1 amide bonds. The number of hydrogen-bond donors (Lipinski definition) is 0. The zero-order valence-electron chi connectivity index (χ0n) is 8.59. The van der Waals surface area contributed by atoms with Crippen molar-refractivity contribution in [2.24, 2.45) is 0 Å². The molecule has 1 aromatic heterocycles. The van der Waals surface area contributed by atoms with E-state index in [0.29, 0.717) is 19.7 Å². The quantitative estimate of drug-likeness (QED) is 0.668. The first-order valence-corrected chi connectivity index (χ1v) is 4.90. The van der Waals surface area contributed by atoms with Gasteiger partial charge in [0.25, 0.3) is 0 Å². The highest BCUT2D eigenvalue weighted by molar-refractivity contribution is 5.73. The number of ether oxygens (including phenoxy) is 1. The fourth-order valence-corrected chi connectivity index (χ4v) is 1.61. The molecule has 15 heavy (non-hydrogen) atoms. The average Bonchev–Trinajstić information content (AvgIpc) is 2.30. The first kappa shape index (κ1) is 10.0. The Hall–Kier alpha value is -1.49. The van der Waals surface area contributed by atoms with E-state index >= 15 is 0 Å². The Balaban J connectivity index is 2.08. The lowest BCUT2D eigenvalue weighted by Crippen LogP contribution is -2.41. The zero-order chi connectivity index (χ0) is 10.7. The van der Waals surface area contributed by atoms with Gasteiger partial charge in [-0.05, 0) is 6.07 Å². The second-order valence-corrected chi connectivity index (χ2v) is 3.46. The summed E-state index contributed by atoms with van der Waals surface area (Å²) in [6.07, 6.45) is 3.05. The van der Waals surface area contributed by atoms with E-state index in [4.69, 9.17) is 4.74 Å². The van der Waals surface area contributed by atoms with Crippen molar-refractivity contribution in [2.75, 3.05) is 19.7 Å². The number of aromatic nitrogens is 2. The van der Waals surface area contributed by atoms with E-state index < -0.39 is 0 Å². The normalized spacial score (nSPS) is 21.4. The fourth-order valence-electron chi connectivity index (χ4n) is 1.61. The van der Waals surface area contributed by atoms with Gasteiger partial charge in [-0.25, -0.2) is 9.97 Å². The molecule has 0 spiro atoms. The molecule has 5 heteroatoms. The van der Waals surface area contributed by atoms with Gasteiger partial charge in [0.05, 0.1) is 18.8 Å². The minimum Gasteiger partial charge on any atom is -0.368 e. The maximum absolute atomic E-state index is 11.2. The Kier molecular flexibility index (Phi) is 2.91. The summed E-state index contributed by atoms with van der Waals surface area (Å²) in [7, 11) is 0. The van der Waals surface area contributed by atoms with Crippen molar-refractivity contribution in [3.8, 4) is 0 Å². The van der Waals surface area contributed by atoms with Gasteiger partial charge in [0.1, 0.15) is 12.4 Å². The molecule has 0 aromatic carbocycles. The lowest BCUT2D eigenvalue weighted by molar-refractivity contribution is -0.136. The van der Waals surface area contributed by atoms with Crippen molar-refractivity contribution in [1.82, 2.24) is 14.9 Å². The SMILES string of the molecule is CC(=O)N1CCO[C@H](c2ccncn2)C1. The number of rotatable bonds is 1. The molecule has 2 rings (SSSR count).